The summed E-state index contributed by atoms with van der Waals surface area (Å²) in [6.07, 6.45) is 9.93. The number of carbonyl (C=O) groups excluding carboxylic acids is 2. The van der Waals surface area contributed by atoms with Crippen molar-refractivity contribution in [3.8, 4) is 11.5 Å². The van der Waals surface area contributed by atoms with Gasteiger partial charge in [0.05, 0.1) is 35.4 Å². The number of halogens is 2. The Morgan fingerprint density at radius 3 is 2.35 bits per heavy atom. The van der Waals surface area contributed by atoms with Crippen molar-refractivity contribution < 1.29 is 28.5 Å². The molecule has 8 rings (SSSR count). The summed E-state index contributed by atoms with van der Waals surface area (Å²) in [5.74, 6) is 1.53. The lowest BCUT2D eigenvalue weighted by molar-refractivity contribution is -0.0311. The molecule has 5 heterocycles. The highest BCUT2D eigenvalue weighted by molar-refractivity contribution is 6.35. The Bertz CT molecular complexity index is 1830. The van der Waals surface area contributed by atoms with E-state index in [0.717, 1.165) is 63.7 Å². The van der Waals surface area contributed by atoms with E-state index in [-0.39, 0.29) is 25.2 Å². The van der Waals surface area contributed by atoms with E-state index in [1.165, 1.54) is 17.3 Å². The number of fused-ring (bicyclic) bond motifs is 3. The van der Waals surface area contributed by atoms with Gasteiger partial charge in [0.25, 0.3) is 0 Å². The van der Waals surface area contributed by atoms with Crippen LogP contribution >= 0.6 is 23.2 Å². The predicted octanol–water partition coefficient (Wildman–Crippen LogP) is 8.49. The zero-order valence-corrected chi connectivity index (χ0v) is 30.6. The molecule has 1 amide bonds. The van der Waals surface area contributed by atoms with Crippen LogP contribution in [0.4, 0.5) is 10.6 Å². The van der Waals surface area contributed by atoms with Crippen molar-refractivity contribution in [2.24, 2.45) is 5.92 Å². The minimum atomic E-state index is -0.762. The van der Waals surface area contributed by atoms with Crippen LogP contribution in [0.1, 0.15) is 71.7 Å². The number of carbonyl (C=O) groups is 2. The molecule has 272 valence electrons. The van der Waals surface area contributed by atoms with Crippen LogP contribution < -0.4 is 14.4 Å². The normalized spacial score (nSPS) is 20.2. The van der Waals surface area contributed by atoms with Crippen LogP contribution in [0, 0.1) is 5.92 Å². The van der Waals surface area contributed by atoms with Crippen LogP contribution in [-0.4, -0.2) is 65.9 Å². The summed E-state index contributed by atoms with van der Waals surface area (Å²) in [6.45, 7) is 3.08. The van der Waals surface area contributed by atoms with Gasteiger partial charge in [0.1, 0.15) is 18.0 Å². The monoisotopic (exact) mass is 744 g/mol. The molecular formula is C40H42Cl2N4O6. The average Bonchev–Trinajstić information content (AvgIpc) is 3.69. The molecule has 1 saturated carbocycles. The molecule has 2 atom stereocenters. The van der Waals surface area contributed by atoms with E-state index < -0.39 is 18.2 Å². The Labute approximate surface area is 313 Å². The molecule has 0 spiro atoms. The molecule has 10 nitrogen and oxygen atoms in total. The highest BCUT2D eigenvalue weighted by Crippen LogP contribution is 2.38. The van der Waals surface area contributed by atoms with Gasteiger partial charge in [-0.1, -0.05) is 47.5 Å². The summed E-state index contributed by atoms with van der Waals surface area (Å²) >= 11 is 13.1. The van der Waals surface area contributed by atoms with Gasteiger partial charge in [-0.2, -0.15) is 0 Å². The van der Waals surface area contributed by atoms with E-state index in [9.17, 15) is 9.59 Å². The fourth-order valence-electron chi connectivity index (χ4n) is 7.33. The molecule has 0 unspecified atom stereocenters. The van der Waals surface area contributed by atoms with Crippen LogP contribution in [0.5, 0.6) is 11.5 Å². The van der Waals surface area contributed by atoms with Crippen molar-refractivity contribution >= 4 is 41.1 Å². The second-order valence-electron chi connectivity index (χ2n) is 13.6. The van der Waals surface area contributed by atoms with Crippen LogP contribution in [0.2, 0.25) is 10.0 Å². The Morgan fingerprint density at radius 2 is 1.69 bits per heavy atom. The number of pyridine rings is 2. The maximum absolute atomic E-state index is 13.8. The maximum Gasteiger partial charge on any atom is 0.416 e. The number of methoxy groups -OCH3 is 1. The number of hydrogen-bond donors (Lipinski definition) is 0. The van der Waals surface area contributed by atoms with Crippen molar-refractivity contribution in [3.05, 3.63) is 112 Å². The first-order chi connectivity index (χ1) is 25.3. The molecule has 3 saturated heterocycles. The van der Waals surface area contributed by atoms with E-state index in [2.05, 4.69) is 14.9 Å². The summed E-state index contributed by atoms with van der Waals surface area (Å²) in [5.41, 5.74) is 2.45. The molecule has 3 aliphatic heterocycles. The molecule has 0 N–H and O–H groups in total. The lowest BCUT2D eigenvalue weighted by Crippen LogP contribution is -2.53. The van der Waals surface area contributed by atoms with Crippen LogP contribution in [0.15, 0.2) is 79.3 Å². The van der Waals surface area contributed by atoms with Gasteiger partial charge in [-0.15, -0.1) is 0 Å². The van der Waals surface area contributed by atoms with Crippen molar-refractivity contribution in [1.29, 1.82) is 0 Å². The summed E-state index contributed by atoms with van der Waals surface area (Å²) in [6, 6.07) is 18.0. The summed E-state index contributed by atoms with van der Waals surface area (Å²) in [4.78, 5) is 39.8. The largest absolute Gasteiger partial charge is 0.493 e. The summed E-state index contributed by atoms with van der Waals surface area (Å²) in [7, 11) is 1.60. The number of ether oxygens (including phenoxy) is 4. The molecule has 2 aromatic carbocycles. The van der Waals surface area contributed by atoms with Crippen molar-refractivity contribution in [1.82, 2.24) is 14.9 Å². The first-order valence-electron chi connectivity index (χ1n) is 17.9. The van der Waals surface area contributed by atoms with Gasteiger partial charge in [0, 0.05) is 31.6 Å². The second kappa shape index (κ2) is 16.5. The average molecular weight is 746 g/mol. The molecular weight excluding hydrogens is 703 g/mol. The molecule has 1 aliphatic carbocycles. The van der Waals surface area contributed by atoms with Gasteiger partial charge in [0.15, 0.2) is 11.5 Å². The first kappa shape index (κ1) is 36.0. The number of hydrogen-bond acceptors (Lipinski definition) is 9. The molecule has 4 aromatic rings. The fourth-order valence-corrected chi connectivity index (χ4v) is 7.85. The Hall–Kier alpha value is -4.38. The zero-order chi connectivity index (χ0) is 36.0. The third-order valence-electron chi connectivity index (χ3n) is 10.3. The highest BCUT2D eigenvalue weighted by atomic mass is 35.5. The van der Waals surface area contributed by atoms with Crippen molar-refractivity contribution in [3.63, 3.8) is 0 Å². The van der Waals surface area contributed by atoms with Crippen molar-refractivity contribution in [2.45, 2.75) is 69.8 Å². The number of aromatic nitrogens is 2. The lowest BCUT2D eigenvalue weighted by Gasteiger charge is -2.44. The van der Waals surface area contributed by atoms with E-state index in [4.69, 9.17) is 42.1 Å². The molecule has 2 bridgehead atoms. The van der Waals surface area contributed by atoms with Gasteiger partial charge in [-0.3, -0.25) is 14.8 Å². The predicted molar refractivity (Wildman–Crippen MR) is 198 cm³/mol. The lowest BCUT2D eigenvalue weighted by atomic mass is 9.86. The quantitative estimate of drug-likeness (QED) is 0.132. The minimum Gasteiger partial charge on any atom is -0.493 e. The third kappa shape index (κ3) is 8.46. The van der Waals surface area contributed by atoms with Gasteiger partial charge in [0.2, 0.25) is 0 Å². The Balaban J connectivity index is 1.09. The van der Waals surface area contributed by atoms with Gasteiger partial charge in [-0.05, 0) is 111 Å². The number of rotatable bonds is 12. The first-order valence-corrected chi connectivity index (χ1v) is 18.6. The second-order valence-corrected chi connectivity index (χ2v) is 14.5. The number of anilines is 1. The topological polar surface area (TPSA) is 103 Å². The number of piperidine rings is 3. The zero-order valence-electron chi connectivity index (χ0n) is 29.1. The van der Waals surface area contributed by atoms with E-state index in [1.807, 2.05) is 24.3 Å². The maximum atomic E-state index is 13.8. The number of esters is 1. The molecule has 52 heavy (non-hydrogen) atoms. The molecule has 2 aromatic heterocycles. The van der Waals surface area contributed by atoms with E-state index >= 15 is 0 Å². The van der Waals surface area contributed by atoms with Crippen LogP contribution in [0.25, 0.3) is 0 Å². The SMILES string of the molecule is COc1ccc([C@@H](Cc2c(Cl)cncc2Cl)OC(=O)c2ccc(CN(C(=O)O[C@H]3CN4CCC3CC4)c3ccccn3)cc2)cc1OC1CCCC1. The smallest absolute Gasteiger partial charge is 0.416 e. The number of benzene rings is 2. The Kier molecular flexibility index (Phi) is 11.4. The number of amides is 1. The summed E-state index contributed by atoms with van der Waals surface area (Å²) in [5, 5.41) is 0.747. The molecule has 4 aliphatic rings. The van der Waals surface area contributed by atoms with Crippen LogP contribution in [0.3, 0.4) is 0 Å². The molecule has 12 heteroatoms. The minimum absolute atomic E-state index is 0.101. The number of nitrogens with zero attached hydrogens (tertiary/aromatic N) is 4. The van der Waals surface area contributed by atoms with E-state index in [1.54, 1.807) is 49.7 Å². The summed E-state index contributed by atoms with van der Waals surface area (Å²) < 4.78 is 24.2. The standard InChI is InChI=1S/C40H42Cl2N4O6/c1-49-34-14-13-29(20-36(34)50-30-6-2-3-7-30)35(21-31-32(41)22-43-23-33(31)42)51-39(47)28-11-9-26(10-12-28)24-46(38-8-4-5-17-44-38)40(48)52-37-25-45-18-15-27(37)16-19-45/h4-5,8-14,17,20,22-23,27,30,35,37H,2-3,6-7,15-16,18-19,21,24-25H2,1H3/t35-,37+/m1/s1. The van der Waals surface area contributed by atoms with Crippen LogP contribution in [-0.2, 0) is 22.4 Å². The van der Waals surface area contributed by atoms with Gasteiger partial charge < -0.3 is 18.9 Å². The highest BCUT2D eigenvalue weighted by Gasteiger charge is 2.37. The molecule has 0 radical (unpaired) electrons. The van der Waals surface area contributed by atoms with Gasteiger partial charge >= 0.3 is 12.1 Å². The third-order valence-corrected chi connectivity index (χ3v) is 10.9. The Morgan fingerprint density at radius 1 is 0.942 bits per heavy atom. The van der Waals surface area contributed by atoms with Gasteiger partial charge in [-0.25, -0.2) is 14.6 Å². The van der Waals surface area contributed by atoms with Crippen molar-refractivity contribution in [2.75, 3.05) is 31.6 Å². The fraction of sp³-hybridized carbons (Fsp3) is 0.400. The van der Waals surface area contributed by atoms with E-state index in [0.29, 0.717) is 50.0 Å². The molecule has 4 fully saturated rings.